The van der Waals surface area contributed by atoms with Crippen molar-refractivity contribution in [2.24, 2.45) is 0 Å². The number of methoxy groups -OCH3 is 2. The van der Waals surface area contributed by atoms with Gasteiger partial charge in [-0.25, -0.2) is 14.2 Å². The highest BCUT2D eigenvalue weighted by atomic mass is 35.5. The van der Waals surface area contributed by atoms with Crippen molar-refractivity contribution >= 4 is 41.0 Å². The molecule has 0 radical (unpaired) electrons. The molecule has 2 N–H and O–H groups in total. The number of carbonyl (C=O) groups is 3. The lowest BCUT2D eigenvalue weighted by atomic mass is 9.97. The minimum absolute atomic E-state index is 0.135. The van der Waals surface area contributed by atoms with Gasteiger partial charge in [0.05, 0.1) is 25.3 Å². The lowest BCUT2D eigenvalue weighted by Crippen LogP contribution is -2.19. The highest BCUT2D eigenvalue weighted by Gasteiger charge is 2.20. The summed E-state index contributed by atoms with van der Waals surface area (Å²) in [7, 11) is 2.39. The van der Waals surface area contributed by atoms with E-state index in [1.54, 1.807) is 18.2 Å². The molecule has 0 bridgehead atoms. The lowest BCUT2D eigenvalue weighted by Gasteiger charge is -2.19. The first-order chi connectivity index (χ1) is 16.7. The molecule has 0 spiro atoms. The van der Waals surface area contributed by atoms with Crippen LogP contribution in [0.5, 0.6) is 0 Å². The van der Waals surface area contributed by atoms with Crippen LogP contribution in [0, 0.1) is 5.82 Å². The maximum Gasteiger partial charge on any atom is 0.341 e. The van der Waals surface area contributed by atoms with E-state index < -0.39 is 30.1 Å². The number of pyridine rings is 1. The molecule has 10 heteroatoms. The molecule has 0 aliphatic heterocycles. The fraction of sp³-hybridized carbons (Fsp3) is 0.200. The largest absolute Gasteiger partial charge is 0.469 e. The third-order valence-electron chi connectivity index (χ3n) is 5.18. The molecule has 1 heterocycles. The first-order valence-electron chi connectivity index (χ1n) is 10.5. The molecule has 35 heavy (non-hydrogen) atoms. The summed E-state index contributed by atoms with van der Waals surface area (Å²) in [5.74, 6) is -2.39. The molecule has 0 aliphatic carbocycles. The number of rotatable bonds is 8. The molecule has 2 aromatic carbocycles. The Kier molecular flexibility index (Phi) is 8.38. The van der Waals surface area contributed by atoms with Gasteiger partial charge in [0.25, 0.3) is 0 Å². The van der Waals surface area contributed by atoms with Crippen LogP contribution in [-0.2, 0) is 19.1 Å². The van der Waals surface area contributed by atoms with Gasteiger partial charge in [0.15, 0.2) is 5.82 Å². The summed E-state index contributed by atoms with van der Waals surface area (Å²) in [6.45, 7) is 1.87. The van der Waals surface area contributed by atoms with Gasteiger partial charge in [-0.15, -0.1) is 0 Å². The molecule has 1 amide bonds. The molecular formula is C25H23ClFN3O5. The Hall–Kier alpha value is -3.98. The van der Waals surface area contributed by atoms with Crippen LogP contribution in [0.2, 0.25) is 5.02 Å². The van der Waals surface area contributed by atoms with Crippen LogP contribution in [0.15, 0.2) is 54.7 Å². The number of ether oxygens (including phenoxy) is 2. The predicted molar refractivity (Wildman–Crippen MR) is 130 cm³/mol. The maximum absolute atomic E-state index is 14.3. The molecule has 182 valence electrons. The number of halogens is 2. The highest BCUT2D eigenvalue weighted by Crippen LogP contribution is 2.32. The number of hydrogen-bond donors (Lipinski definition) is 2. The number of esters is 2. The Labute approximate surface area is 206 Å². The van der Waals surface area contributed by atoms with Crippen molar-refractivity contribution in [1.29, 1.82) is 0 Å². The van der Waals surface area contributed by atoms with Crippen molar-refractivity contribution in [2.45, 2.75) is 19.4 Å². The van der Waals surface area contributed by atoms with E-state index in [2.05, 4.69) is 20.4 Å². The third kappa shape index (κ3) is 6.13. The second-order valence-electron chi connectivity index (χ2n) is 7.46. The average Bonchev–Trinajstić information content (AvgIpc) is 2.85. The number of benzene rings is 2. The summed E-state index contributed by atoms with van der Waals surface area (Å²) in [6, 6.07) is 12.8. The van der Waals surface area contributed by atoms with Crippen LogP contribution < -0.4 is 10.6 Å². The van der Waals surface area contributed by atoms with Gasteiger partial charge >= 0.3 is 11.9 Å². The van der Waals surface area contributed by atoms with Crippen LogP contribution in [0.3, 0.4) is 0 Å². The lowest BCUT2D eigenvalue weighted by molar-refractivity contribution is -0.142. The Balaban J connectivity index is 1.82. The minimum atomic E-state index is -0.758. The van der Waals surface area contributed by atoms with Crippen LogP contribution in [0.1, 0.15) is 35.3 Å². The standard InChI is InChI=1S/C25H23ClFN3O5/c1-14(29-24-23(18(26)11-12-28-24)30-20(31)13-21(32)34-2)15-7-9-16(10-8-15)17-5-4-6-19(27)22(17)25(33)35-3/h4-12,14H,13H2,1-3H3,(H,28,29)(H,30,31)/t14-/m1/s1. The van der Waals surface area contributed by atoms with Gasteiger partial charge in [0.1, 0.15) is 23.5 Å². The molecule has 1 aromatic heterocycles. The fourth-order valence-corrected chi connectivity index (χ4v) is 3.56. The number of nitrogens with zero attached hydrogens (tertiary/aromatic N) is 1. The van der Waals surface area contributed by atoms with E-state index in [4.69, 9.17) is 16.3 Å². The smallest absolute Gasteiger partial charge is 0.341 e. The normalized spacial score (nSPS) is 11.3. The highest BCUT2D eigenvalue weighted by molar-refractivity contribution is 6.34. The van der Waals surface area contributed by atoms with Gasteiger partial charge < -0.3 is 20.1 Å². The third-order valence-corrected chi connectivity index (χ3v) is 5.49. The zero-order chi connectivity index (χ0) is 25.5. The number of hydrogen-bond acceptors (Lipinski definition) is 7. The van der Waals surface area contributed by atoms with E-state index >= 15 is 0 Å². The molecule has 0 aliphatic rings. The van der Waals surface area contributed by atoms with Crippen molar-refractivity contribution in [3.63, 3.8) is 0 Å². The van der Waals surface area contributed by atoms with Gasteiger partial charge in [-0.05, 0) is 35.7 Å². The van der Waals surface area contributed by atoms with Gasteiger partial charge in [-0.3, -0.25) is 9.59 Å². The number of aromatic nitrogens is 1. The van der Waals surface area contributed by atoms with Gasteiger partial charge in [-0.2, -0.15) is 0 Å². The van der Waals surface area contributed by atoms with Crippen molar-refractivity contribution in [3.8, 4) is 11.1 Å². The first-order valence-corrected chi connectivity index (χ1v) is 10.9. The second kappa shape index (κ2) is 11.4. The second-order valence-corrected chi connectivity index (χ2v) is 7.87. The molecule has 8 nitrogen and oxygen atoms in total. The monoisotopic (exact) mass is 499 g/mol. The van der Waals surface area contributed by atoms with E-state index in [-0.39, 0.29) is 22.3 Å². The summed E-state index contributed by atoms with van der Waals surface area (Å²) in [5, 5.41) is 6.01. The Morgan fingerprint density at radius 2 is 1.77 bits per heavy atom. The molecular weight excluding hydrogens is 477 g/mol. The van der Waals surface area contributed by atoms with E-state index in [0.717, 1.165) is 5.56 Å². The number of nitrogens with one attached hydrogen (secondary N) is 2. The van der Waals surface area contributed by atoms with Crippen molar-refractivity contribution in [1.82, 2.24) is 4.98 Å². The summed E-state index contributed by atoms with van der Waals surface area (Å²) in [4.78, 5) is 39.9. The molecule has 0 fully saturated rings. The first kappa shape index (κ1) is 25.6. The SMILES string of the molecule is COC(=O)CC(=O)Nc1c(Cl)ccnc1N[C@H](C)c1ccc(-c2cccc(F)c2C(=O)OC)cc1. The average molecular weight is 500 g/mol. The van der Waals surface area contributed by atoms with E-state index in [1.807, 2.05) is 19.1 Å². The Morgan fingerprint density at radius 1 is 1.06 bits per heavy atom. The molecule has 3 rings (SSSR count). The maximum atomic E-state index is 14.3. The van der Waals surface area contributed by atoms with Gasteiger partial charge in [-0.1, -0.05) is 48.0 Å². The minimum Gasteiger partial charge on any atom is -0.469 e. The zero-order valence-electron chi connectivity index (χ0n) is 19.2. The predicted octanol–water partition coefficient (Wildman–Crippen LogP) is 5.00. The Bertz CT molecular complexity index is 1250. The van der Waals surface area contributed by atoms with E-state index in [0.29, 0.717) is 16.9 Å². The topological polar surface area (TPSA) is 107 Å². The van der Waals surface area contributed by atoms with Crippen molar-refractivity contribution in [2.75, 3.05) is 24.9 Å². The summed E-state index contributed by atoms with van der Waals surface area (Å²) >= 11 is 6.25. The molecule has 0 saturated carbocycles. The van der Waals surface area contributed by atoms with Crippen molar-refractivity contribution in [3.05, 3.63) is 76.7 Å². The van der Waals surface area contributed by atoms with Crippen LogP contribution in [0.4, 0.5) is 15.9 Å². The summed E-state index contributed by atoms with van der Waals surface area (Å²) in [6.07, 6.45) is 1.01. The molecule has 1 atom stereocenters. The molecule has 3 aromatic rings. The molecule has 0 saturated heterocycles. The van der Waals surface area contributed by atoms with Gasteiger partial charge in [0.2, 0.25) is 5.91 Å². The fourth-order valence-electron chi connectivity index (χ4n) is 3.37. The Morgan fingerprint density at radius 3 is 2.43 bits per heavy atom. The quantitative estimate of drug-likeness (QED) is 0.331. The van der Waals surface area contributed by atoms with Crippen molar-refractivity contribution < 1.29 is 28.2 Å². The number of carbonyl (C=O) groups excluding carboxylic acids is 3. The van der Waals surface area contributed by atoms with E-state index in [1.165, 1.54) is 38.6 Å². The van der Waals surface area contributed by atoms with Crippen LogP contribution in [-0.4, -0.2) is 37.0 Å². The molecule has 0 unspecified atom stereocenters. The van der Waals surface area contributed by atoms with E-state index in [9.17, 15) is 18.8 Å². The zero-order valence-corrected chi connectivity index (χ0v) is 20.0. The van der Waals surface area contributed by atoms with Crippen LogP contribution >= 0.6 is 11.6 Å². The summed E-state index contributed by atoms with van der Waals surface area (Å²) in [5.41, 5.74) is 1.99. The number of anilines is 2. The van der Waals surface area contributed by atoms with Gasteiger partial charge in [0, 0.05) is 6.20 Å². The summed E-state index contributed by atoms with van der Waals surface area (Å²) < 4.78 is 23.5. The van der Waals surface area contributed by atoms with Crippen LogP contribution in [0.25, 0.3) is 11.1 Å². The number of amides is 1.